The molecule has 0 radical (unpaired) electrons. The second-order valence-corrected chi connectivity index (χ2v) is 7.73. The number of nitrogens with two attached hydrogens (primary N) is 1. The normalized spacial score (nSPS) is 25.5. The predicted octanol–water partition coefficient (Wildman–Crippen LogP) is 3.22. The molecule has 2 fully saturated rings. The lowest BCUT2D eigenvalue weighted by molar-refractivity contribution is -0.0862. The third-order valence-electron chi connectivity index (χ3n) is 5.46. The van der Waals surface area contributed by atoms with Gasteiger partial charge in [-0.25, -0.2) is 14.4 Å². The van der Waals surface area contributed by atoms with Crippen molar-refractivity contribution < 1.29 is 13.9 Å². The van der Waals surface area contributed by atoms with Gasteiger partial charge in [0.1, 0.15) is 0 Å². The Hall–Kier alpha value is -1.76. The van der Waals surface area contributed by atoms with Crippen LogP contribution in [0.1, 0.15) is 68.4 Å². The maximum atomic E-state index is 12.9. The molecule has 1 aromatic rings. The number of hydrogen-bond donors (Lipinski definition) is 2. The highest BCUT2D eigenvalue weighted by molar-refractivity contribution is 5.93. The van der Waals surface area contributed by atoms with Crippen molar-refractivity contribution in [3.05, 3.63) is 17.5 Å². The summed E-state index contributed by atoms with van der Waals surface area (Å²) in [4.78, 5) is 20.6. The SMILES string of the molecule is CC(F)OC1CCC(Nc2ncc(C(N)=O)c(C[C@H](C)C3CC3)n2)CC1. The molecule has 6 nitrogen and oxygen atoms in total. The van der Waals surface area contributed by atoms with Crippen molar-refractivity contribution in [3.63, 3.8) is 0 Å². The van der Waals surface area contributed by atoms with E-state index >= 15 is 0 Å². The highest BCUT2D eigenvalue weighted by atomic mass is 19.1. The maximum Gasteiger partial charge on any atom is 0.252 e. The van der Waals surface area contributed by atoms with Crippen LogP contribution in [-0.2, 0) is 11.2 Å². The number of nitrogens with zero attached hydrogens (tertiary/aromatic N) is 2. The van der Waals surface area contributed by atoms with Crippen molar-refractivity contribution in [3.8, 4) is 0 Å². The van der Waals surface area contributed by atoms with E-state index in [9.17, 15) is 9.18 Å². The van der Waals surface area contributed by atoms with Crippen molar-refractivity contribution in [2.75, 3.05) is 5.32 Å². The predicted molar refractivity (Wildman–Crippen MR) is 97.5 cm³/mol. The van der Waals surface area contributed by atoms with Crippen molar-refractivity contribution in [1.29, 1.82) is 0 Å². The number of amides is 1. The van der Waals surface area contributed by atoms with E-state index < -0.39 is 12.3 Å². The van der Waals surface area contributed by atoms with Gasteiger partial charge in [-0.3, -0.25) is 4.79 Å². The minimum Gasteiger partial charge on any atom is -0.365 e. The lowest BCUT2D eigenvalue weighted by atomic mass is 9.93. The van der Waals surface area contributed by atoms with Crippen molar-refractivity contribution >= 4 is 11.9 Å². The van der Waals surface area contributed by atoms with E-state index in [2.05, 4.69) is 22.2 Å². The van der Waals surface area contributed by atoms with E-state index in [0.29, 0.717) is 17.4 Å². The van der Waals surface area contributed by atoms with Gasteiger partial charge in [0.2, 0.25) is 5.95 Å². The summed E-state index contributed by atoms with van der Waals surface area (Å²) in [5.41, 5.74) is 6.64. The van der Waals surface area contributed by atoms with Gasteiger partial charge in [-0.05, 0) is 63.7 Å². The van der Waals surface area contributed by atoms with E-state index in [1.807, 2.05) is 0 Å². The standard InChI is InChI=1S/C19H29FN4O2/c1-11(13-3-4-13)9-17-16(18(21)25)10-22-19(24-17)23-14-5-7-15(8-6-14)26-12(2)20/h10-15H,3-9H2,1-2H3,(H2,21,25)(H,22,23,24)/t11-,12?,14?,15?/m0/s1. The number of carbonyl (C=O) groups is 1. The molecule has 0 spiro atoms. The molecule has 26 heavy (non-hydrogen) atoms. The number of carbonyl (C=O) groups excluding carboxylic acids is 1. The first-order valence-corrected chi connectivity index (χ1v) is 9.64. The molecule has 0 saturated heterocycles. The Morgan fingerprint density at radius 2 is 2.00 bits per heavy atom. The van der Waals surface area contributed by atoms with E-state index in [0.717, 1.165) is 43.7 Å². The quantitative estimate of drug-likeness (QED) is 0.739. The molecule has 7 heteroatoms. The number of ether oxygens (including phenoxy) is 1. The molecular weight excluding hydrogens is 335 g/mol. The molecule has 2 saturated carbocycles. The second-order valence-electron chi connectivity index (χ2n) is 7.73. The summed E-state index contributed by atoms with van der Waals surface area (Å²) in [5.74, 6) is 1.28. The minimum absolute atomic E-state index is 0.0128. The molecule has 3 N–H and O–H groups in total. The molecule has 1 unspecified atom stereocenters. The smallest absolute Gasteiger partial charge is 0.252 e. The zero-order valence-corrected chi connectivity index (χ0v) is 15.6. The number of nitrogens with one attached hydrogen (secondary N) is 1. The van der Waals surface area contributed by atoms with Gasteiger partial charge in [-0.15, -0.1) is 0 Å². The highest BCUT2D eigenvalue weighted by Crippen LogP contribution is 2.38. The molecule has 0 bridgehead atoms. The Bertz CT molecular complexity index is 628. The van der Waals surface area contributed by atoms with Gasteiger partial charge in [0, 0.05) is 12.2 Å². The zero-order valence-electron chi connectivity index (χ0n) is 15.6. The molecule has 1 heterocycles. The Balaban J connectivity index is 1.62. The van der Waals surface area contributed by atoms with Gasteiger partial charge in [0.15, 0.2) is 6.36 Å². The van der Waals surface area contributed by atoms with Crippen LogP contribution in [0.15, 0.2) is 6.20 Å². The summed E-state index contributed by atoms with van der Waals surface area (Å²) < 4.78 is 18.2. The topological polar surface area (TPSA) is 90.1 Å². The molecule has 2 atom stereocenters. The fourth-order valence-corrected chi connectivity index (χ4v) is 3.78. The summed E-state index contributed by atoms with van der Waals surface area (Å²) >= 11 is 0. The van der Waals surface area contributed by atoms with Crippen LogP contribution in [0.3, 0.4) is 0 Å². The molecule has 3 rings (SSSR count). The molecule has 0 aromatic carbocycles. The monoisotopic (exact) mass is 364 g/mol. The van der Waals surface area contributed by atoms with Gasteiger partial charge in [-0.1, -0.05) is 6.92 Å². The molecule has 1 aromatic heterocycles. The lowest BCUT2D eigenvalue weighted by Crippen LogP contribution is -2.31. The number of anilines is 1. The first-order valence-electron chi connectivity index (χ1n) is 9.64. The Morgan fingerprint density at radius 1 is 1.31 bits per heavy atom. The summed E-state index contributed by atoms with van der Waals surface area (Å²) in [6, 6.07) is 0.234. The number of primary amides is 1. The number of rotatable bonds is 8. The number of halogens is 1. The number of alkyl halides is 1. The van der Waals surface area contributed by atoms with Gasteiger partial charge in [0.25, 0.3) is 5.91 Å². The summed E-state index contributed by atoms with van der Waals surface area (Å²) in [5, 5.41) is 3.36. The van der Waals surface area contributed by atoms with Crippen LogP contribution in [0.5, 0.6) is 0 Å². The van der Waals surface area contributed by atoms with Gasteiger partial charge in [0.05, 0.1) is 17.4 Å². The van der Waals surface area contributed by atoms with Crippen molar-refractivity contribution in [2.24, 2.45) is 17.6 Å². The van der Waals surface area contributed by atoms with E-state index in [4.69, 9.17) is 10.5 Å². The van der Waals surface area contributed by atoms with E-state index in [-0.39, 0.29) is 12.1 Å². The second kappa shape index (κ2) is 8.29. The van der Waals surface area contributed by atoms with Gasteiger partial charge < -0.3 is 15.8 Å². The lowest BCUT2D eigenvalue weighted by Gasteiger charge is -2.29. The Morgan fingerprint density at radius 3 is 2.58 bits per heavy atom. The summed E-state index contributed by atoms with van der Waals surface area (Å²) in [7, 11) is 0. The molecular formula is C19H29FN4O2. The highest BCUT2D eigenvalue weighted by Gasteiger charge is 2.29. The van der Waals surface area contributed by atoms with Crippen LogP contribution >= 0.6 is 0 Å². The fourth-order valence-electron chi connectivity index (χ4n) is 3.78. The third-order valence-corrected chi connectivity index (χ3v) is 5.46. The average molecular weight is 364 g/mol. The first kappa shape index (κ1) is 19.0. The molecule has 144 valence electrons. The molecule has 0 aliphatic heterocycles. The van der Waals surface area contributed by atoms with Crippen LogP contribution in [0, 0.1) is 11.8 Å². The van der Waals surface area contributed by atoms with Crippen molar-refractivity contribution in [1.82, 2.24) is 9.97 Å². The maximum absolute atomic E-state index is 12.9. The zero-order chi connectivity index (χ0) is 18.7. The van der Waals surface area contributed by atoms with Gasteiger partial charge >= 0.3 is 0 Å². The van der Waals surface area contributed by atoms with Crippen LogP contribution < -0.4 is 11.1 Å². The van der Waals surface area contributed by atoms with E-state index in [1.54, 1.807) is 0 Å². The Labute approximate surface area is 154 Å². The molecule has 1 amide bonds. The fraction of sp³-hybridized carbons (Fsp3) is 0.737. The van der Waals surface area contributed by atoms with Crippen LogP contribution in [0.2, 0.25) is 0 Å². The molecule has 2 aliphatic rings. The summed E-state index contributed by atoms with van der Waals surface area (Å²) in [6.07, 6.45) is 6.96. The van der Waals surface area contributed by atoms with Crippen LogP contribution in [0.4, 0.5) is 10.3 Å². The first-order chi connectivity index (χ1) is 12.4. The van der Waals surface area contributed by atoms with Crippen molar-refractivity contribution in [2.45, 2.75) is 77.3 Å². The average Bonchev–Trinajstić information content (AvgIpc) is 3.41. The largest absolute Gasteiger partial charge is 0.365 e. The molecule has 2 aliphatic carbocycles. The van der Waals surface area contributed by atoms with Crippen LogP contribution in [0.25, 0.3) is 0 Å². The van der Waals surface area contributed by atoms with Crippen LogP contribution in [-0.4, -0.2) is 34.4 Å². The number of hydrogen-bond acceptors (Lipinski definition) is 5. The minimum atomic E-state index is -1.22. The van der Waals surface area contributed by atoms with Gasteiger partial charge in [-0.2, -0.15) is 0 Å². The third kappa shape index (κ3) is 5.13. The summed E-state index contributed by atoms with van der Waals surface area (Å²) in [6.45, 7) is 3.62. The Kier molecular flexibility index (Phi) is 6.06. The number of aromatic nitrogens is 2. The van der Waals surface area contributed by atoms with E-state index in [1.165, 1.54) is 26.0 Å².